The Balaban J connectivity index is 1.84. The summed E-state index contributed by atoms with van der Waals surface area (Å²) in [4.78, 5) is 13.1. The summed E-state index contributed by atoms with van der Waals surface area (Å²) in [5.41, 5.74) is 4.69. The number of sulfonamides is 1. The highest BCUT2D eigenvalue weighted by Crippen LogP contribution is 2.24. The summed E-state index contributed by atoms with van der Waals surface area (Å²) in [5, 5.41) is 3.07. The van der Waals surface area contributed by atoms with Crippen molar-refractivity contribution in [1.29, 1.82) is 0 Å². The van der Waals surface area contributed by atoms with Crippen molar-refractivity contribution in [3.63, 3.8) is 0 Å². The van der Waals surface area contributed by atoms with Gasteiger partial charge in [0.1, 0.15) is 0 Å². The third-order valence-electron chi connectivity index (χ3n) is 5.35. The SMILES string of the molecule is CC[C@H](NC(=O)c1ccc(C)c(NS(=O)(=O)c2ccc(C)cc2)c1)c1ccccc1C. The van der Waals surface area contributed by atoms with Crippen LogP contribution in [-0.2, 0) is 10.0 Å². The molecule has 0 radical (unpaired) electrons. The minimum atomic E-state index is -3.75. The summed E-state index contributed by atoms with van der Waals surface area (Å²) in [5.74, 6) is -0.245. The van der Waals surface area contributed by atoms with Gasteiger partial charge in [0.25, 0.3) is 15.9 Å². The predicted octanol–water partition coefficient (Wildman–Crippen LogP) is 5.29. The number of hydrogen-bond acceptors (Lipinski definition) is 3. The zero-order valence-electron chi connectivity index (χ0n) is 18.3. The fraction of sp³-hybridized carbons (Fsp3) is 0.240. The first-order chi connectivity index (χ1) is 14.7. The van der Waals surface area contributed by atoms with Crippen LogP contribution in [0.4, 0.5) is 5.69 Å². The van der Waals surface area contributed by atoms with Crippen molar-refractivity contribution in [3.05, 3.63) is 94.5 Å². The maximum atomic E-state index is 12.9. The van der Waals surface area contributed by atoms with Gasteiger partial charge in [-0.1, -0.05) is 55.0 Å². The first-order valence-corrected chi connectivity index (χ1v) is 11.8. The number of benzene rings is 3. The van der Waals surface area contributed by atoms with Crippen LogP contribution in [0.15, 0.2) is 71.6 Å². The smallest absolute Gasteiger partial charge is 0.261 e. The third-order valence-corrected chi connectivity index (χ3v) is 6.73. The van der Waals surface area contributed by atoms with E-state index in [0.29, 0.717) is 11.3 Å². The lowest BCUT2D eigenvalue weighted by Crippen LogP contribution is -2.28. The number of hydrogen-bond donors (Lipinski definition) is 2. The number of nitrogens with one attached hydrogen (secondary N) is 2. The van der Waals surface area contributed by atoms with E-state index in [4.69, 9.17) is 0 Å². The molecule has 0 aliphatic carbocycles. The molecule has 3 aromatic rings. The van der Waals surface area contributed by atoms with Crippen LogP contribution in [-0.4, -0.2) is 14.3 Å². The molecule has 0 aliphatic rings. The van der Waals surface area contributed by atoms with Crippen LogP contribution in [0, 0.1) is 20.8 Å². The highest BCUT2D eigenvalue weighted by molar-refractivity contribution is 7.92. The lowest BCUT2D eigenvalue weighted by Gasteiger charge is -2.20. The van der Waals surface area contributed by atoms with E-state index in [9.17, 15) is 13.2 Å². The van der Waals surface area contributed by atoms with E-state index in [1.807, 2.05) is 45.0 Å². The van der Waals surface area contributed by atoms with Gasteiger partial charge < -0.3 is 5.32 Å². The Morgan fingerprint density at radius 3 is 2.23 bits per heavy atom. The molecular weight excluding hydrogens is 408 g/mol. The quantitative estimate of drug-likeness (QED) is 0.528. The second-order valence-electron chi connectivity index (χ2n) is 7.74. The summed E-state index contributed by atoms with van der Waals surface area (Å²) >= 11 is 0. The van der Waals surface area contributed by atoms with Crippen LogP contribution >= 0.6 is 0 Å². The number of rotatable bonds is 7. The van der Waals surface area contributed by atoms with Crippen molar-refractivity contribution in [2.24, 2.45) is 0 Å². The van der Waals surface area contributed by atoms with Crippen LogP contribution < -0.4 is 10.0 Å². The summed E-state index contributed by atoms with van der Waals surface area (Å²) in [6.07, 6.45) is 0.745. The van der Waals surface area contributed by atoms with Crippen LogP contribution in [0.25, 0.3) is 0 Å². The summed E-state index contributed by atoms with van der Waals surface area (Å²) in [6, 6.07) is 19.5. The van der Waals surface area contributed by atoms with Gasteiger partial charge in [-0.25, -0.2) is 8.42 Å². The molecule has 0 bridgehead atoms. The zero-order chi connectivity index (χ0) is 22.6. The van der Waals surface area contributed by atoms with Gasteiger partial charge in [0.15, 0.2) is 0 Å². The van der Waals surface area contributed by atoms with E-state index in [1.54, 1.807) is 49.4 Å². The Kier molecular flexibility index (Phi) is 6.81. The molecule has 1 amide bonds. The second-order valence-corrected chi connectivity index (χ2v) is 9.42. The van der Waals surface area contributed by atoms with Crippen molar-refractivity contribution >= 4 is 21.6 Å². The molecule has 5 nitrogen and oxygen atoms in total. The minimum Gasteiger partial charge on any atom is -0.345 e. The van der Waals surface area contributed by atoms with E-state index >= 15 is 0 Å². The molecule has 2 N–H and O–H groups in total. The van der Waals surface area contributed by atoms with E-state index in [2.05, 4.69) is 10.0 Å². The normalized spacial score (nSPS) is 12.3. The van der Waals surface area contributed by atoms with Gasteiger partial charge in [-0.05, 0) is 68.1 Å². The number of aryl methyl sites for hydroxylation is 3. The highest BCUT2D eigenvalue weighted by Gasteiger charge is 2.19. The monoisotopic (exact) mass is 436 g/mol. The standard InChI is InChI=1S/C25H28N2O3S/c1-5-23(22-9-7-6-8-18(22)3)26-25(28)20-13-12-19(4)24(16-20)27-31(29,30)21-14-10-17(2)11-15-21/h6-16,23,27H,5H2,1-4H3,(H,26,28)/t23-/m0/s1. The highest BCUT2D eigenvalue weighted by atomic mass is 32.2. The predicted molar refractivity (Wildman–Crippen MR) is 125 cm³/mol. The van der Waals surface area contributed by atoms with Crippen molar-refractivity contribution in [2.75, 3.05) is 4.72 Å². The lowest BCUT2D eigenvalue weighted by atomic mass is 9.99. The first-order valence-electron chi connectivity index (χ1n) is 10.3. The molecule has 0 aromatic heterocycles. The molecular formula is C25H28N2O3S. The molecule has 1 atom stereocenters. The number of carbonyl (C=O) groups excluding carboxylic acids is 1. The van der Waals surface area contributed by atoms with Gasteiger partial charge in [0.2, 0.25) is 0 Å². The van der Waals surface area contributed by atoms with E-state index in [-0.39, 0.29) is 16.8 Å². The first kappa shape index (κ1) is 22.6. The molecule has 3 rings (SSSR count). The van der Waals surface area contributed by atoms with Crippen LogP contribution in [0.5, 0.6) is 0 Å². The van der Waals surface area contributed by atoms with Crippen LogP contribution in [0.2, 0.25) is 0 Å². The van der Waals surface area contributed by atoms with Gasteiger partial charge in [-0.3, -0.25) is 9.52 Å². The van der Waals surface area contributed by atoms with Crippen molar-refractivity contribution in [3.8, 4) is 0 Å². The Hall–Kier alpha value is -3.12. The molecule has 31 heavy (non-hydrogen) atoms. The molecule has 0 heterocycles. The van der Waals surface area contributed by atoms with E-state index in [0.717, 1.165) is 28.7 Å². The number of carbonyl (C=O) groups is 1. The number of amides is 1. The van der Waals surface area contributed by atoms with E-state index < -0.39 is 10.0 Å². The Morgan fingerprint density at radius 1 is 0.903 bits per heavy atom. The number of anilines is 1. The molecule has 0 saturated heterocycles. The maximum absolute atomic E-state index is 12.9. The molecule has 0 aliphatic heterocycles. The van der Waals surface area contributed by atoms with Gasteiger partial charge in [0.05, 0.1) is 16.6 Å². The maximum Gasteiger partial charge on any atom is 0.261 e. The molecule has 3 aromatic carbocycles. The average Bonchev–Trinajstić information content (AvgIpc) is 2.74. The fourth-order valence-electron chi connectivity index (χ4n) is 3.41. The van der Waals surface area contributed by atoms with Crippen molar-refractivity contribution < 1.29 is 13.2 Å². The van der Waals surface area contributed by atoms with E-state index in [1.165, 1.54) is 0 Å². The third kappa shape index (κ3) is 5.33. The van der Waals surface area contributed by atoms with Gasteiger partial charge >= 0.3 is 0 Å². The van der Waals surface area contributed by atoms with Gasteiger partial charge in [-0.15, -0.1) is 0 Å². The Labute approximate surface area is 184 Å². The second kappa shape index (κ2) is 9.35. The van der Waals surface area contributed by atoms with Gasteiger partial charge in [0, 0.05) is 5.56 Å². The molecule has 162 valence electrons. The van der Waals surface area contributed by atoms with Crippen molar-refractivity contribution in [1.82, 2.24) is 5.32 Å². The molecule has 0 saturated carbocycles. The zero-order valence-corrected chi connectivity index (χ0v) is 19.1. The fourth-order valence-corrected chi connectivity index (χ4v) is 4.54. The van der Waals surface area contributed by atoms with Crippen LogP contribution in [0.3, 0.4) is 0 Å². The minimum absolute atomic E-state index is 0.122. The summed E-state index contributed by atoms with van der Waals surface area (Å²) in [6.45, 7) is 7.75. The van der Waals surface area contributed by atoms with Gasteiger partial charge in [-0.2, -0.15) is 0 Å². The van der Waals surface area contributed by atoms with Crippen LogP contribution in [0.1, 0.15) is 52.0 Å². The molecule has 0 spiro atoms. The largest absolute Gasteiger partial charge is 0.345 e. The van der Waals surface area contributed by atoms with Crippen molar-refractivity contribution in [2.45, 2.75) is 45.1 Å². The Morgan fingerprint density at radius 2 is 1.58 bits per heavy atom. The summed E-state index contributed by atoms with van der Waals surface area (Å²) in [7, 11) is -3.75. The Bertz CT molecular complexity index is 1190. The molecule has 6 heteroatoms. The lowest BCUT2D eigenvalue weighted by molar-refractivity contribution is 0.0935. The molecule has 0 fully saturated rings. The molecule has 0 unspecified atom stereocenters. The summed E-state index contributed by atoms with van der Waals surface area (Å²) < 4.78 is 28.2. The topological polar surface area (TPSA) is 75.3 Å². The average molecular weight is 437 g/mol.